The number of hydrogen-bond donors (Lipinski definition) is 2. The van der Waals surface area contributed by atoms with Gasteiger partial charge < -0.3 is 10.2 Å². The van der Waals surface area contributed by atoms with Crippen LogP contribution in [-0.4, -0.2) is 53.9 Å². The van der Waals surface area contributed by atoms with E-state index in [4.69, 9.17) is 5.11 Å². The minimum absolute atomic E-state index is 0.112. The van der Waals surface area contributed by atoms with Crippen molar-refractivity contribution in [2.45, 2.75) is 38.7 Å². The van der Waals surface area contributed by atoms with Gasteiger partial charge in [-0.3, -0.25) is 4.79 Å². The van der Waals surface area contributed by atoms with Crippen LogP contribution in [0.2, 0.25) is 0 Å². The zero-order valence-corrected chi connectivity index (χ0v) is 11.4. The number of carboxylic acids is 1. The molecular formula is C11H21NO5S. The molecule has 6 nitrogen and oxygen atoms in total. The summed E-state index contributed by atoms with van der Waals surface area (Å²) in [4.78, 5) is 10.3. The number of aliphatic hydroxyl groups excluding tert-OH is 1. The molecular weight excluding hydrogens is 258 g/mol. The van der Waals surface area contributed by atoms with Crippen LogP contribution in [-0.2, 0) is 14.8 Å². The van der Waals surface area contributed by atoms with Crippen LogP contribution in [0, 0.1) is 5.92 Å². The largest absolute Gasteiger partial charge is 0.481 e. The molecule has 1 saturated heterocycles. The first-order chi connectivity index (χ1) is 8.33. The molecule has 18 heavy (non-hydrogen) atoms. The van der Waals surface area contributed by atoms with Crippen molar-refractivity contribution in [2.75, 3.05) is 18.8 Å². The van der Waals surface area contributed by atoms with Crippen molar-refractivity contribution >= 4 is 16.0 Å². The Hall–Kier alpha value is -0.660. The maximum Gasteiger partial charge on any atom is 0.303 e. The van der Waals surface area contributed by atoms with E-state index in [0.717, 1.165) is 0 Å². The van der Waals surface area contributed by atoms with Crippen molar-refractivity contribution in [2.24, 2.45) is 5.92 Å². The van der Waals surface area contributed by atoms with E-state index < -0.39 is 22.1 Å². The number of nitrogens with zero attached hydrogens (tertiary/aromatic N) is 1. The monoisotopic (exact) mass is 279 g/mol. The first kappa shape index (κ1) is 15.4. The van der Waals surface area contributed by atoms with Gasteiger partial charge in [-0.05, 0) is 32.1 Å². The topological polar surface area (TPSA) is 94.9 Å². The van der Waals surface area contributed by atoms with Crippen LogP contribution in [0.3, 0.4) is 0 Å². The predicted molar refractivity (Wildman–Crippen MR) is 66.6 cm³/mol. The molecule has 0 aromatic rings. The van der Waals surface area contributed by atoms with Crippen LogP contribution in [0.15, 0.2) is 0 Å². The van der Waals surface area contributed by atoms with Gasteiger partial charge >= 0.3 is 5.97 Å². The van der Waals surface area contributed by atoms with Crippen molar-refractivity contribution < 1.29 is 23.4 Å². The van der Waals surface area contributed by atoms with Gasteiger partial charge in [0.05, 0.1) is 11.9 Å². The number of carboxylic acid groups (broad SMARTS) is 1. The summed E-state index contributed by atoms with van der Waals surface area (Å²) in [7, 11) is -3.34. The van der Waals surface area contributed by atoms with E-state index in [1.54, 1.807) is 6.92 Å². The van der Waals surface area contributed by atoms with Gasteiger partial charge in [-0.25, -0.2) is 12.7 Å². The molecule has 1 aliphatic heterocycles. The van der Waals surface area contributed by atoms with Crippen LogP contribution in [0.1, 0.15) is 32.6 Å². The van der Waals surface area contributed by atoms with Crippen LogP contribution >= 0.6 is 0 Å². The summed E-state index contributed by atoms with van der Waals surface area (Å²) in [5.74, 6) is -0.924. The number of aliphatic carboxylic acids is 1. The van der Waals surface area contributed by atoms with Crippen molar-refractivity contribution in [1.82, 2.24) is 4.31 Å². The molecule has 0 saturated carbocycles. The van der Waals surface area contributed by atoms with E-state index >= 15 is 0 Å². The molecule has 2 N–H and O–H groups in total. The first-order valence-electron chi connectivity index (χ1n) is 6.20. The minimum Gasteiger partial charge on any atom is -0.481 e. The molecule has 0 spiro atoms. The van der Waals surface area contributed by atoms with E-state index in [9.17, 15) is 18.3 Å². The van der Waals surface area contributed by atoms with Gasteiger partial charge in [0, 0.05) is 19.5 Å². The predicted octanol–water partition coefficient (Wildman–Crippen LogP) is 0.274. The zero-order chi connectivity index (χ0) is 13.8. The Bertz CT molecular complexity index is 371. The maximum absolute atomic E-state index is 11.9. The molecule has 0 aliphatic carbocycles. The Kier molecular flexibility index (Phi) is 5.55. The fourth-order valence-electron chi connectivity index (χ4n) is 2.17. The third kappa shape index (κ3) is 4.55. The highest BCUT2D eigenvalue weighted by Crippen LogP contribution is 2.22. The Labute approximate surface area is 108 Å². The number of aliphatic hydroxyl groups is 1. The lowest BCUT2D eigenvalue weighted by Gasteiger charge is -2.32. The summed E-state index contributed by atoms with van der Waals surface area (Å²) in [6.07, 6.45) is 0.949. The lowest BCUT2D eigenvalue weighted by molar-refractivity contribution is -0.137. The summed E-state index contributed by atoms with van der Waals surface area (Å²) in [5, 5.41) is 17.9. The van der Waals surface area contributed by atoms with Crippen molar-refractivity contribution in [1.29, 1.82) is 0 Å². The van der Waals surface area contributed by atoms with E-state index in [-0.39, 0.29) is 24.5 Å². The third-order valence-corrected chi connectivity index (χ3v) is 5.32. The van der Waals surface area contributed by atoms with Gasteiger partial charge in [0.15, 0.2) is 0 Å². The highest BCUT2D eigenvalue weighted by atomic mass is 32.2. The van der Waals surface area contributed by atoms with Gasteiger partial charge in [0.1, 0.15) is 0 Å². The molecule has 1 fully saturated rings. The van der Waals surface area contributed by atoms with Crippen LogP contribution in [0.5, 0.6) is 0 Å². The summed E-state index contributed by atoms with van der Waals surface area (Å²) in [6.45, 7) is 2.57. The standard InChI is InChI=1S/C11H21NO5S/c1-9(13)10-4-6-12(7-5-10)18(16,17)8-2-3-11(14)15/h9-10,13H,2-8H2,1H3,(H,14,15). The second-order valence-corrected chi connectivity index (χ2v) is 6.88. The fraction of sp³-hybridized carbons (Fsp3) is 0.909. The average molecular weight is 279 g/mol. The van der Waals surface area contributed by atoms with E-state index in [0.29, 0.717) is 25.9 Å². The van der Waals surface area contributed by atoms with Gasteiger partial charge in [-0.1, -0.05) is 0 Å². The summed E-state index contributed by atoms with van der Waals surface area (Å²) < 4.78 is 25.2. The van der Waals surface area contributed by atoms with Crippen molar-refractivity contribution in [3.05, 3.63) is 0 Å². The Morgan fingerprint density at radius 2 is 1.94 bits per heavy atom. The molecule has 0 aromatic heterocycles. The first-order valence-corrected chi connectivity index (χ1v) is 7.81. The second kappa shape index (κ2) is 6.49. The number of hydrogen-bond acceptors (Lipinski definition) is 4. The average Bonchev–Trinajstić information content (AvgIpc) is 2.28. The fourth-order valence-corrected chi connectivity index (χ4v) is 3.71. The molecule has 0 bridgehead atoms. The van der Waals surface area contributed by atoms with E-state index in [1.165, 1.54) is 4.31 Å². The normalized spacial score (nSPS) is 20.8. The SMILES string of the molecule is CC(O)C1CCN(S(=O)(=O)CCCC(=O)O)CC1. The van der Waals surface area contributed by atoms with Crippen molar-refractivity contribution in [3.63, 3.8) is 0 Å². The molecule has 0 radical (unpaired) electrons. The maximum atomic E-state index is 11.9. The highest BCUT2D eigenvalue weighted by molar-refractivity contribution is 7.89. The molecule has 1 rings (SSSR count). The summed E-state index contributed by atoms with van der Waals surface area (Å²) in [6, 6.07) is 0. The summed E-state index contributed by atoms with van der Waals surface area (Å²) in [5.41, 5.74) is 0. The molecule has 1 heterocycles. The van der Waals surface area contributed by atoms with Crippen LogP contribution in [0.25, 0.3) is 0 Å². The molecule has 7 heteroatoms. The third-order valence-electron chi connectivity index (χ3n) is 3.37. The van der Waals surface area contributed by atoms with Crippen molar-refractivity contribution in [3.8, 4) is 0 Å². The van der Waals surface area contributed by atoms with E-state index in [1.807, 2.05) is 0 Å². The Balaban J connectivity index is 2.43. The molecule has 1 aliphatic rings. The van der Waals surface area contributed by atoms with Crippen LogP contribution < -0.4 is 0 Å². The number of carbonyl (C=O) groups is 1. The minimum atomic E-state index is -3.34. The lowest BCUT2D eigenvalue weighted by atomic mass is 9.93. The number of piperidine rings is 1. The molecule has 0 amide bonds. The smallest absolute Gasteiger partial charge is 0.303 e. The molecule has 106 valence electrons. The van der Waals surface area contributed by atoms with Gasteiger partial charge in [0.2, 0.25) is 10.0 Å². The van der Waals surface area contributed by atoms with Crippen LogP contribution in [0.4, 0.5) is 0 Å². The molecule has 0 aromatic carbocycles. The number of sulfonamides is 1. The van der Waals surface area contributed by atoms with Gasteiger partial charge in [-0.2, -0.15) is 0 Å². The number of rotatable bonds is 6. The van der Waals surface area contributed by atoms with Gasteiger partial charge in [0.25, 0.3) is 0 Å². The molecule has 1 atom stereocenters. The molecule has 1 unspecified atom stereocenters. The summed E-state index contributed by atoms with van der Waals surface area (Å²) >= 11 is 0. The van der Waals surface area contributed by atoms with E-state index in [2.05, 4.69) is 0 Å². The second-order valence-electron chi connectivity index (χ2n) is 4.79. The zero-order valence-electron chi connectivity index (χ0n) is 10.6. The highest BCUT2D eigenvalue weighted by Gasteiger charge is 2.29. The Morgan fingerprint density at radius 1 is 1.39 bits per heavy atom. The lowest BCUT2D eigenvalue weighted by Crippen LogP contribution is -2.41. The Morgan fingerprint density at radius 3 is 2.39 bits per heavy atom. The van der Waals surface area contributed by atoms with Gasteiger partial charge in [-0.15, -0.1) is 0 Å². The quantitative estimate of drug-likeness (QED) is 0.728.